The van der Waals surface area contributed by atoms with Crippen LogP contribution < -0.4 is 11.1 Å². The summed E-state index contributed by atoms with van der Waals surface area (Å²) in [7, 11) is -3.41. The molecule has 7 heteroatoms. The zero-order valence-electron chi connectivity index (χ0n) is 10.7. The average Bonchev–Trinajstić information content (AvgIpc) is 2.21. The van der Waals surface area contributed by atoms with E-state index in [0.29, 0.717) is 32.7 Å². The second-order valence-corrected chi connectivity index (χ2v) is 6.86. The van der Waals surface area contributed by atoms with Crippen LogP contribution in [0, 0.1) is 0 Å². The van der Waals surface area contributed by atoms with E-state index >= 15 is 0 Å². The molecule has 0 saturated carbocycles. The highest BCUT2D eigenvalue weighted by molar-refractivity contribution is 7.92. The lowest BCUT2D eigenvalue weighted by molar-refractivity contribution is -0.122. The second-order valence-electron chi connectivity index (χ2n) is 4.29. The predicted molar refractivity (Wildman–Crippen MR) is 66.4 cm³/mol. The molecule has 0 saturated heterocycles. The SMILES string of the molecule is CC(C)(C(=O)NCCCOCCN)S(C)(=O)=O. The van der Waals surface area contributed by atoms with Crippen LogP contribution in [0.4, 0.5) is 0 Å². The number of hydrogen-bond donors (Lipinski definition) is 2. The van der Waals surface area contributed by atoms with Crippen LogP contribution in [-0.4, -0.2) is 51.6 Å². The summed E-state index contributed by atoms with van der Waals surface area (Å²) in [4.78, 5) is 11.6. The maximum atomic E-state index is 11.6. The second kappa shape index (κ2) is 6.93. The Hall–Kier alpha value is -0.660. The van der Waals surface area contributed by atoms with Gasteiger partial charge in [-0.05, 0) is 20.3 Å². The lowest BCUT2D eigenvalue weighted by atomic mass is 10.2. The molecule has 0 radical (unpaired) electrons. The molecule has 0 spiro atoms. The van der Waals surface area contributed by atoms with Crippen LogP contribution in [0.25, 0.3) is 0 Å². The minimum Gasteiger partial charge on any atom is -0.380 e. The van der Waals surface area contributed by atoms with Crippen molar-refractivity contribution in [1.82, 2.24) is 5.32 Å². The minimum absolute atomic E-state index is 0.391. The fraction of sp³-hybridized carbons (Fsp3) is 0.900. The molecule has 0 atom stereocenters. The molecule has 0 bridgehead atoms. The van der Waals surface area contributed by atoms with Gasteiger partial charge in [0.25, 0.3) is 0 Å². The summed E-state index contributed by atoms with van der Waals surface area (Å²) in [6.45, 7) is 4.63. The number of nitrogens with one attached hydrogen (secondary N) is 1. The number of hydrogen-bond acceptors (Lipinski definition) is 5. The van der Waals surface area contributed by atoms with Gasteiger partial charge < -0.3 is 15.8 Å². The highest BCUT2D eigenvalue weighted by atomic mass is 32.2. The third kappa shape index (κ3) is 5.47. The number of nitrogens with two attached hydrogens (primary N) is 1. The number of rotatable bonds is 8. The molecule has 3 N–H and O–H groups in total. The van der Waals surface area contributed by atoms with Gasteiger partial charge >= 0.3 is 0 Å². The summed E-state index contributed by atoms with van der Waals surface area (Å²) in [6, 6.07) is 0. The van der Waals surface area contributed by atoms with Crippen molar-refractivity contribution in [3.8, 4) is 0 Å². The fourth-order valence-corrected chi connectivity index (χ4v) is 1.35. The number of carbonyl (C=O) groups excluding carboxylic acids is 1. The maximum Gasteiger partial charge on any atom is 0.240 e. The highest BCUT2D eigenvalue weighted by Crippen LogP contribution is 2.14. The van der Waals surface area contributed by atoms with Crippen molar-refractivity contribution < 1.29 is 17.9 Å². The third-order valence-corrected chi connectivity index (χ3v) is 4.53. The van der Waals surface area contributed by atoms with E-state index in [-0.39, 0.29) is 0 Å². The predicted octanol–water partition coefficient (Wildman–Crippen LogP) is -0.709. The quantitative estimate of drug-likeness (QED) is 0.566. The van der Waals surface area contributed by atoms with E-state index in [1.54, 1.807) is 0 Å². The lowest BCUT2D eigenvalue weighted by Crippen LogP contribution is -2.47. The van der Waals surface area contributed by atoms with Crippen molar-refractivity contribution in [1.29, 1.82) is 0 Å². The monoisotopic (exact) mass is 266 g/mol. The average molecular weight is 266 g/mol. The van der Waals surface area contributed by atoms with Crippen molar-refractivity contribution in [3.63, 3.8) is 0 Å². The molecule has 0 aromatic rings. The number of amides is 1. The summed E-state index contributed by atoms with van der Waals surface area (Å²) in [5.74, 6) is -0.487. The Bertz CT molecular complexity index is 338. The summed E-state index contributed by atoms with van der Waals surface area (Å²) in [5, 5.41) is 2.58. The van der Waals surface area contributed by atoms with Gasteiger partial charge in [-0.1, -0.05) is 0 Å². The zero-order chi connectivity index (χ0) is 13.5. The van der Waals surface area contributed by atoms with Gasteiger partial charge in [0.15, 0.2) is 9.84 Å². The minimum atomic E-state index is -3.41. The van der Waals surface area contributed by atoms with Crippen molar-refractivity contribution in [2.75, 3.05) is 32.6 Å². The molecule has 0 aliphatic rings. The normalized spacial score (nSPS) is 12.5. The van der Waals surface area contributed by atoms with E-state index in [0.717, 1.165) is 6.26 Å². The van der Waals surface area contributed by atoms with E-state index in [9.17, 15) is 13.2 Å². The van der Waals surface area contributed by atoms with E-state index < -0.39 is 20.5 Å². The number of sulfone groups is 1. The topological polar surface area (TPSA) is 98.5 Å². The first-order valence-electron chi connectivity index (χ1n) is 5.49. The fourth-order valence-electron chi connectivity index (χ4n) is 0.943. The van der Waals surface area contributed by atoms with Crippen molar-refractivity contribution in [2.45, 2.75) is 25.0 Å². The molecule has 0 unspecified atom stereocenters. The van der Waals surface area contributed by atoms with Crippen LogP contribution in [0.2, 0.25) is 0 Å². The summed E-state index contributed by atoms with van der Waals surface area (Å²) >= 11 is 0. The largest absolute Gasteiger partial charge is 0.380 e. The molecular formula is C10H22N2O4S. The Morgan fingerprint density at radius 2 is 1.94 bits per heavy atom. The smallest absolute Gasteiger partial charge is 0.240 e. The van der Waals surface area contributed by atoms with Crippen molar-refractivity contribution in [3.05, 3.63) is 0 Å². The van der Waals surface area contributed by atoms with Crippen LogP contribution in [-0.2, 0) is 19.4 Å². The van der Waals surface area contributed by atoms with Gasteiger partial charge in [-0.2, -0.15) is 0 Å². The van der Waals surface area contributed by atoms with Crippen molar-refractivity contribution in [2.24, 2.45) is 5.73 Å². The molecule has 1 amide bonds. The molecule has 0 heterocycles. The van der Waals surface area contributed by atoms with Crippen LogP contribution >= 0.6 is 0 Å². The first-order valence-corrected chi connectivity index (χ1v) is 7.38. The first-order chi connectivity index (χ1) is 7.73. The molecule has 0 aliphatic heterocycles. The first kappa shape index (κ1) is 16.3. The standard InChI is InChI=1S/C10H22N2O4S/c1-10(2,17(3,14)15)9(13)12-6-4-7-16-8-5-11/h4-8,11H2,1-3H3,(H,12,13). The van der Waals surface area contributed by atoms with Gasteiger partial charge in [0.1, 0.15) is 4.75 Å². The van der Waals surface area contributed by atoms with E-state index in [2.05, 4.69) is 5.32 Å². The van der Waals surface area contributed by atoms with Crippen LogP contribution in [0.5, 0.6) is 0 Å². The number of ether oxygens (including phenoxy) is 1. The van der Waals surface area contributed by atoms with E-state index in [4.69, 9.17) is 10.5 Å². The van der Waals surface area contributed by atoms with Gasteiger partial charge in [0.2, 0.25) is 5.91 Å². The zero-order valence-corrected chi connectivity index (χ0v) is 11.5. The highest BCUT2D eigenvalue weighted by Gasteiger charge is 2.37. The molecular weight excluding hydrogens is 244 g/mol. The van der Waals surface area contributed by atoms with Crippen LogP contribution in [0.1, 0.15) is 20.3 Å². The Kier molecular flexibility index (Phi) is 6.66. The van der Waals surface area contributed by atoms with Gasteiger partial charge in [0, 0.05) is 26.0 Å². The number of carbonyl (C=O) groups is 1. The maximum absolute atomic E-state index is 11.6. The Balaban J connectivity index is 3.96. The Labute approximate surface area is 103 Å². The summed E-state index contributed by atoms with van der Waals surface area (Å²) < 4.78 is 26.5. The van der Waals surface area contributed by atoms with E-state index in [1.165, 1.54) is 13.8 Å². The van der Waals surface area contributed by atoms with Crippen LogP contribution in [0.3, 0.4) is 0 Å². The summed E-state index contributed by atoms with van der Waals surface area (Å²) in [6.07, 6.45) is 1.68. The molecule has 0 aromatic heterocycles. The molecule has 17 heavy (non-hydrogen) atoms. The van der Waals surface area contributed by atoms with Crippen molar-refractivity contribution >= 4 is 15.7 Å². The molecule has 0 aromatic carbocycles. The third-order valence-electron chi connectivity index (χ3n) is 2.49. The lowest BCUT2D eigenvalue weighted by Gasteiger charge is -2.21. The summed E-state index contributed by atoms with van der Waals surface area (Å²) in [5.41, 5.74) is 5.23. The van der Waals surface area contributed by atoms with E-state index in [1.807, 2.05) is 0 Å². The van der Waals surface area contributed by atoms with Gasteiger partial charge in [0.05, 0.1) is 6.61 Å². The Morgan fingerprint density at radius 3 is 2.41 bits per heavy atom. The molecule has 0 aliphatic carbocycles. The molecule has 0 rings (SSSR count). The van der Waals surface area contributed by atoms with Gasteiger partial charge in [-0.3, -0.25) is 4.79 Å². The molecule has 0 fully saturated rings. The van der Waals surface area contributed by atoms with Gasteiger partial charge in [-0.15, -0.1) is 0 Å². The van der Waals surface area contributed by atoms with Gasteiger partial charge in [-0.25, -0.2) is 8.42 Å². The van der Waals surface area contributed by atoms with Crippen LogP contribution in [0.15, 0.2) is 0 Å². The Morgan fingerprint density at radius 1 is 1.35 bits per heavy atom. The molecule has 102 valence electrons. The molecule has 6 nitrogen and oxygen atoms in total.